The fourth-order valence-corrected chi connectivity index (χ4v) is 1.94. The highest BCUT2D eigenvalue weighted by Gasteiger charge is 2.40. The largest absolute Gasteiger partial charge is 0.383 e. The van der Waals surface area contributed by atoms with E-state index in [0.717, 1.165) is 11.7 Å². The number of thiocarbonyl (C=S) groups is 1. The second-order valence-corrected chi connectivity index (χ2v) is 4.95. The van der Waals surface area contributed by atoms with Crippen LogP contribution in [0.2, 0.25) is 0 Å². The minimum Gasteiger partial charge on any atom is -0.383 e. The normalized spacial score (nSPS) is 19.4. The lowest BCUT2D eigenvalue weighted by atomic mass is 10.0. The van der Waals surface area contributed by atoms with E-state index in [1.165, 1.54) is 19.3 Å². The summed E-state index contributed by atoms with van der Waals surface area (Å²) in [7, 11) is 1.70. The molecule has 0 bridgehead atoms. The van der Waals surface area contributed by atoms with Crippen LogP contribution < -0.4 is 10.6 Å². The first-order valence-corrected chi connectivity index (χ1v) is 6.06. The molecule has 1 atom stereocenters. The van der Waals surface area contributed by atoms with Gasteiger partial charge in [-0.3, -0.25) is 0 Å². The molecular weight excluding hydrogens is 208 g/mol. The Morgan fingerprint density at radius 3 is 2.67 bits per heavy atom. The van der Waals surface area contributed by atoms with Gasteiger partial charge in [0.05, 0.1) is 6.61 Å². The van der Waals surface area contributed by atoms with Crippen LogP contribution in [0.25, 0.3) is 0 Å². The average Bonchev–Trinajstić information content (AvgIpc) is 2.96. The monoisotopic (exact) mass is 230 g/mol. The van der Waals surface area contributed by atoms with Gasteiger partial charge >= 0.3 is 0 Å². The van der Waals surface area contributed by atoms with Crippen LogP contribution in [0, 0.1) is 5.41 Å². The molecule has 1 rings (SSSR count). The van der Waals surface area contributed by atoms with Crippen LogP contribution >= 0.6 is 12.2 Å². The molecule has 0 aromatic heterocycles. The second-order valence-electron chi connectivity index (χ2n) is 4.54. The molecule has 0 aliphatic heterocycles. The van der Waals surface area contributed by atoms with Gasteiger partial charge in [0.2, 0.25) is 0 Å². The van der Waals surface area contributed by atoms with Crippen molar-refractivity contribution < 1.29 is 4.74 Å². The molecule has 3 nitrogen and oxygen atoms in total. The maximum Gasteiger partial charge on any atom is 0.166 e. The third kappa shape index (κ3) is 4.34. The van der Waals surface area contributed by atoms with Crippen molar-refractivity contribution >= 4 is 17.3 Å². The average molecular weight is 230 g/mol. The molecule has 1 fully saturated rings. The van der Waals surface area contributed by atoms with E-state index in [0.29, 0.717) is 12.0 Å². The van der Waals surface area contributed by atoms with E-state index in [-0.39, 0.29) is 6.04 Å². The Bertz CT molecular complexity index is 217. The van der Waals surface area contributed by atoms with Crippen molar-refractivity contribution in [2.24, 2.45) is 5.41 Å². The summed E-state index contributed by atoms with van der Waals surface area (Å²) in [5.41, 5.74) is 0.538. The van der Waals surface area contributed by atoms with Gasteiger partial charge in [0, 0.05) is 19.7 Å². The minimum atomic E-state index is 0.270. The highest BCUT2D eigenvalue weighted by atomic mass is 32.1. The van der Waals surface area contributed by atoms with Crippen LogP contribution in [0.5, 0.6) is 0 Å². The Balaban J connectivity index is 2.13. The third-order valence-corrected chi connectivity index (χ3v) is 3.39. The standard InChI is InChI=1S/C11H22N2OS/c1-4-11(5-6-11)8-12-10(15)13-9(2)7-14-3/h9H,4-8H2,1-3H3,(H2,12,13,15). The maximum atomic E-state index is 5.21. The zero-order chi connectivity index (χ0) is 11.3. The smallest absolute Gasteiger partial charge is 0.166 e. The number of hydrogen-bond donors (Lipinski definition) is 2. The quantitative estimate of drug-likeness (QED) is 0.680. The summed E-state index contributed by atoms with van der Waals surface area (Å²) in [4.78, 5) is 0. The fourth-order valence-electron chi connectivity index (χ4n) is 1.67. The molecule has 0 aromatic rings. The lowest BCUT2D eigenvalue weighted by Gasteiger charge is -2.19. The first kappa shape index (κ1) is 12.7. The molecule has 0 saturated heterocycles. The number of hydrogen-bond acceptors (Lipinski definition) is 2. The Hall–Kier alpha value is -0.350. The third-order valence-electron chi connectivity index (χ3n) is 3.13. The fraction of sp³-hybridized carbons (Fsp3) is 0.909. The summed E-state index contributed by atoms with van der Waals surface area (Å²) in [6.45, 7) is 6.00. The predicted octanol–water partition coefficient (Wildman–Crippen LogP) is 1.68. The molecular formula is C11H22N2OS. The van der Waals surface area contributed by atoms with Crippen molar-refractivity contribution in [3.8, 4) is 0 Å². The minimum absolute atomic E-state index is 0.270. The summed E-state index contributed by atoms with van der Waals surface area (Å²) in [5.74, 6) is 0. The van der Waals surface area contributed by atoms with E-state index in [1.807, 2.05) is 0 Å². The van der Waals surface area contributed by atoms with Crippen molar-refractivity contribution in [3.05, 3.63) is 0 Å². The summed E-state index contributed by atoms with van der Waals surface area (Å²) in [6.07, 6.45) is 3.93. The maximum absolute atomic E-state index is 5.21. The van der Waals surface area contributed by atoms with Gasteiger partial charge in [0.1, 0.15) is 0 Å². The highest BCUT2D eigenvalue weighted by molar-refractivity contribution is 7.80. The van der Waals surface area contributed by atoms with Crippen molar-refractivity contribution in [1.29, 1.82) is 0 Å². The van der Waals surface area contributed by atoms with E-state index in [9.17, 15) is 0 Å². The van der Waals surface area contributed by atoms with E-state index in [1.54, 1.807) is 7.11 Å². The molecule has 2 N–H and O–H groups in total. The van der Waals surface area contributed by atoms with Gasteiger partial charge in [-0.25, -0.2) is 0 Å². The SMILES string of the molecule is CCC1(CNC(=S)NC(C)COC)CC1. The lowest BCUT2D eigenvalue weighted by Crippen LogP contribution is -2.44. The molecule has 0 aromatic carbocycles. The van der Waals surface area contributed by atoms with Gasteiger partial charge in [-0.1, -0.05) is 6.92 Å². The zero-order valence-corrected chi connectivity index (χ0v) is 10.7. The van der Waals surface area contributed by atoms with Crippen LogP contribution in [0.4, 0.5) is 0 Å². The Morgan fingerprint density at radius 1 is 1.53 bits per heavy atom. The van der Waals surface area contributed by atoms with Crippen LogP contribution in [0.3, 0.4) is 0 Å². The van der Waals surface area contributed by atoms with Crippen LogP contribution in [0.1, 0.15) is 33.1 Å². The molecule has 0 spiro atoms. The van der Waals surface area contributed by atoms with Gasteiger partial charge in [0.15, 0.2) is 5.11 Å². The lowest BCUT2D eigenvalue weighted by molar-refractivity contribution is 0.179. The van der Waals surface area contributed by atoms with Gasteiger partial charge in [-0.05, 0) is 43.8 Å². The van der Waals surface area contributed by atoms with Crippen molar-refractivity contribution in [1.82, 2.24) is 10.6 Å². The molecule has 0 amide bonds. The van der Waals surface area contributed by atoms with E-state index < -0.39 is 0 Å². The molecule has 1 saturated carbocycles. The first-order valence-electron chi connectivity index (χ1n) is 5.65. The summed E-state index contributed by atoms with van der Waals surface area (Å²) in [5, 5.41) is 7.24. The molecule has 0 heterocycles. The molecule has 4 heteroatoms. The van der Waals surface area contributed by atoms with Crippen LogP contribution in [-0.2, 0) is 4.74 Å². The number of rotatable bonds is 6. The molecule has 1 aliphatic carbocycles. The van der Waals surface area contributed by atoms with Gasteiger partial charge in [0.25, 0.3) is 0 Å². The summed E-state index contributed by atoms with van der Waals surface area (Å²) < 4.78 is 5.03. The van der Waals surface area contributed by atoms with E-state index in [2.05, 4.69) is 24.5 Å². The first-order chi connectivity index (χ1) is 7.12. The van der Waals surface area contributed by atoms with E-state index >= 15 is 0 Å². The number of methoxy groups -OCH3 is 1. The summed E-state index contributed by atoms with van der Waals surface area (Å²) >= 11 is 5.21. The molecule has 15 heavy (non-hydrogen) atoms. The zero-order valence-electron chi connectivity index (χ0n) is 9.93. The van der Waals surface area contributed by atoms with Crippen LogP contribution in [0.15, 0.2) is 0 Å². The Kier molecular flexibility index (Phi) is 4.80. The Morgan fingerprint density at radius 2 is 2.20 bits per heavy atom. The number of nitrogens with one attached hydrogen (secondary N) is 2. The van der Waals surface area contributed by atoms with Gasteiger partial charge in [-0.15, -0.1) is 0 Å². The van der Waals surface area contributed by atoms with Crippen molar-refractivity contribution in [2.45, 2.75) is 39.2 Å². The number of ether oxygens (including phenoxy) is 1. The highest BCUT2D eigenvalue weighted by Crippen LogP contribution is 2.47. The molecule has 0 radical (unpaired) electrons. The molecule has 88 valence electrons. The Labute approximate surface area is 98.0 Å². The van der Waals surface area contributed by atoms with Gasteiger partial charge < -0.3 is 15.4 Å². The van der Waals surface area contributed by atoms with Crippen molar-refractivity contribution in [2.75, 3.05) is 20.3 Å². The molecule has 1 unspecified atom stereocenters. The van der Waals surface area contributed by atoms with E-state index in [4.69, 9.17) is 17.0 Å². The van der Waals surface area contributed by atoms with Gasteiger partial charge in [-0.2, -0.15) is 0 Å². The van der Waals surface area contributed by atoms with Crippen LogP contribution in [-0.4, -0.2) is 31.4 Å². The topological polar surface area (TPSA) is 33.3 Å². The predicted molar refractivity (Wildman–Crippen MR) is 67.0 cm³/mol. The molecule has 1 aliphatic rings. The summed E-state index contributed by atoms with van der Waals surface area (Å²) in [6, 6.07) is 0.270. The van der Waals surface area contributed by atoms with Crippen molar-refractivity contribution in [3.63, 3.8) is 0 Å². The second kappa shape index (κ2) is 5.66.